The van der Waals surface area contributed by atoms with Crippen LogP contribution in [0.2, 0.25) is 0 Å². The Morgan fingerprint density at radius 2 is 2.23 bits per heavy atom. The maximum Gasteiger partial charge on any atom is 0.00124 e. The number of rotatable bonds is 3. The van der Waals surface area contributed by atoms with E-state index in [0.717, 1.165) is 5.92 Å². The molecule has 2 aliphatic rings. The molecule has 0 bridgehead atoms. The Hall–Kier alpha value is -0.0800. The number of likely N-dealkylation sites (tertiary alicyclic amines) is 1. The van der Waals surface area contributed by atoms with Gasteiger partial charge in [0, 0.05) is 13.1 Å². The van der Waals surface area contributed by atoms with E-state index in [2.05, 4.69) is 24.3 Å². The summed E-state index contributed by atoms with van der Waals surface area (Å²) in [6.45, 7) is 3.89. The first-order valence-electron chi connectivity index (χ1n) is 5.60. The molecule has 0 radical (unpaired) electrons. The topological polar surface area (TPSA) is 15.3 Å². The van der Waals surface area contributed by atoms with Crippen molar-refractivity contribution in [3.8, 4) is 0 Å². The normalized spacial score (nSPS) is 33.2. The fourth-order valence-electron chi connectivity index (χ4n) is 2.91. The summed E-state index contributed by atoms with van der Waals surface area (Å²) in [5.41, 5.74) is 0.698. The quantitative estimate of drug-likeness (QED) is 0.708. The smallest absolute Gasteiger partial charge is 0.00124 e. The lowest BCUT2D eigenvalue weighted by molar-refractivity contribution is 0.145. The Bertz CT molecular complexity index is 175. The first-order valence-corrected chi connectivity index (χ1v) is 5.60. The SMILES string of the molecule is CNCC1(C2CCCN(C)C2)CC1. The molecular formula is C11H22N2. The molecular weight excluding hydrogens is 160 g/mol. The lowest BCUT2D eigenvalue weighted by Gasteiger charge is -2.35. The van der Waals surface area contributed by atoms with Crippen molar-refractivity contribution < 1.29 is 0 Å². The van der Waals surface area contributed by atoms with Crippen LogP contribution in [0.15, 0.2) is 0 Å². The van der Waals surface area contributed by atoms with Crippen LogP contribution in [-0.2, 0) is 0 Å². The average Bonchev–Trinajstić information content (AvgIpc) is 2.86. The second-order valence-corrected chi connectivity index (χ2v) is 4.99. The Balaban J connectivity index is 1.91. The molecule has 1 atom stereocenters. The highest BCUT2D eigenvalue weighted by atomic mass is 15.1. The zero-order valence-electron chi connectivity index (χ0n) is 8.97. The molecule has 76 valence electrons. The van der Waals surface area contributed by atoms with Crippen molar-refractivity contribution >= 4 is 0 Å². The summed E-state index contributed by atoms with van der Waals surface area (Å²) in [6.07, 6.45) is 5.80. The van der Waals surface area contributed by atoms with E-state index in [4.69, 9.17) is 0 Å². The monoisotopic (exact) mass is 182 g/mol. The molecule has 1 saturated carbocycles. The van der Waals surface area contributed by atoms with Gasteiger partial charge in [-0.3, -0.25) is 0 Å². The highest BCUT2D eigenvalue weighted by Gasteiger charge is 2.48. The molecule has 1 N–H and O–H groups in total. The number of nitrogens with zero attached hydrogens (tertiary/aromatic N) is 1. The molecule has 0 aromatic carbocycles. The van der Waals surface area contributed by atoms with Crippen molar-refractivity contribution in [1.82, 2.24) is 10.2 Å². The first-order chi connectivity index (χ1) is 6.27. The summed E-state index contributed by atoms with van der Waals surface area (Å²) in [4.78, 5) is 2.50. The van der Waals surface area contributed by atoms with Crippen LogP contribution in [0.25, 0.3) is 0 Å². The zero-order chi connectivity index (χ0) is 9.31. The van der Waals surface area contributed by atoms with Gasteiger partial charge in [-0.05, 0) is 57.7 Å². The molecule has 0 spiro atoms. The molecule has 2 fully saturated rings. The molecule has 0 amide bonds. The van der Waals surface area contributed by atoms with Gasteiger partial charge in [-0.15, -0.1) is 0 Å². The van der Waals surface area contributed by atoms with E-state index in [1.54, 1.807) is 0 Å². The standard InChI is InChI=1S/C11H22N2/c1-12-9-11(5-6-11)10-4-3-7-13(2)8-10/h10,12H,3-9H2,1-2H3. The van der Waals surface area contributed by atoms with Crippen LogP contribution in [0.5, 0.6) is 0 Å². The van der Waals surface area contributed by atoms with E-state index in [0.29, 0.717) is 5.41 Å². The van der Waals surface area contributed by atoms with Crippen LogP contribution in [0.4, 0.5) is 0 Å². The second-order valence-electron chi connectivity index (χ2n) is 4.99. The van der Waals surface area contributed by atoms with Gasteiger partial charge >= 0.3 is 0 Å². The molecule has 1 saturated heterocycles. The summed E-state index contributed by atoms with van der Waals surface area (Å²) in [5, 5.41) is 3.36. The van der Waals surface area contributed by atoms with Gasteiger partial charge in [-0.25, -0.2) is 0 Å². The molecule has 1 aliphatic heterocycles. The van der Waals surface area contributed by atoms with Crippen molar-refractivity contribution in [2.45, 2.75) is 25.7 Å². The Kier molecular flexibility index (Phi) is 2.61. The molecule has 2 heteroatoms. The van der Waals surface area contributed by atoms with Crippen LogP contribution in [0.1, 0.15) is 25.7 Å². The maximum absolute atomic E-state index is 3.36. The highest BCUT2D eigenvalue weighted by molar-refractivity contribution is 5.01. The fraction of sp³-hybridized carbons (Fsp3) is 1.00. The van der Waals surface area contributed by atoms with Crippen molar-refractivity contribution in [3.05, 3.63) is 0 Å². The van der Waals surface area contributed by atoms with Gasteiger partial charge in [-0.1, -0.05) is 0 Å². The van der Waals surface area contributed by atoms with E-state index in [-0.39, 0.29) is 0 Å². The lowest BCUT2D eigenvalue weighted by Crippen LogP contribution is -2.39. The predicted molar refractivity (Wildman–Crippen MR) is 55.8 cm³/mol. The Morgan fingerprint density at radius 3 is 2.77 bits per heavy atom. The van der Waals surface area contributed by atoms with Gasteiger partial charge in [0.2, 0.25) is 0 Å². The minimum atomic E-state index is 0.698. The van der Waals surface area contributed by atoms with Crippen LogP contribution >= 0.6 is 0 Å². The van der Waals surface area contributed by atoms with E-state index in [1.165, 1.54) is 45.3 Å². The van der Waals surface area contributed by atoms with Crippen LogP contribution in [0, 0.1) is 11.3 Å². The zero-order valence-corrected chi connectivity index (χ0v) is 8.97. The number of hydrogen-bond donors (Lipinski definition) is 1. The van der Waals surface area contributed by atoms with Gasteiger partial charge in [0.1, 0.15) is 0 Å². The van der Waals surface area contributed by atoms with E-state index < -0.39 is 0 Å². The molecule has 0 aromatic rings. The van der Waals surface area contributed by atoms with Gasteiger partial charge < -0.3 is 10.2 Å². The molecule has 1 aliphatic carbocycles. The van der Waals surface area contributed by atoms with Crippen molar-refractivity contribution in [1.29, 1.82) is 0 Å². The van der Waals surface area contributed by atoms with Crippen molar-refractivity contribution in [2.24, 2.45) is 11.3 Å². The molecule has 13 heavy (non-hydrogen) atoms. The summed E-state index contributed by atoms with van der Waals surface area (Å²) in [7, 11) is 4.36. The summed E-state index contributed by atoms with van der Waals surface area (Å²) < 4.78 is 0. The summed E-state index contributed by atoms with van der Waals surface area (Å²) in [6, 6.07) is 0. The predicted octanol–water partition coefficient (Wildman–Crippen LogP) is 1.33. The van der Waals surface area contributed by atoms with Crippen LogP contribution in [-0.4, -0.2) is 38.6 Å². The fourth-order valence-corrected chi connectivity index (χ4v) is 2.91. The molecule has 0 aromatic heterocycles. The van der Waals surface area contributed by atoms with Crippen molar-refractivity contribution in [2.75, 3.05) is 33.7 Å². The Morgan fingerprint density at radius 1 is 1.46 bits per heavy atom. The van der Waals surface area contributed by atoms with E-state index >= 15 is 0 Å². The molecule has 2 nitrogen and oxygen atoms in total. The van der Waals surface area contributed by atoms with Gasteiger partial charge in [-0.2, -0.15) is 0 Å². The first kappa shape index (κ1) is 9.47. The van der Waals surface area contributed by atoms with Gasteiger partial charge in [0.25, 0.3) is 0 Å². The largest absolute Gasteiger partial charge is 0.319 e. The number of nitrogens with one attached hydrogen (secondary N) is 1. The second kappa shape index (κ2) is 3.58. The molecule has 1 unspecified atom stereocenters. The van der Waals surface area contributed by atoms with Gasteiger partial charge in [0.15, 0.2) is 0 Å². The third-order valence-electron chi connectivity index (χ3n) is 3.91. The van der Waals surface area contributed by atoms with Gasteiger partial charge in [0.05, 0.1) is 0 Å². The number of hydrogen-bond acceptors (Lipinski definition) is 2. The van der Waals surface area contributed by atoms with Crippen LogP contribution < -0.4 is 5.32 Å². The third kappa shape index (κ3) is 1.89. The molecule has 1 heterocycles. The minimum absolute atomic E-state index is 0.698. The van der Waals surface area contributed by atoms with E-state index in [9.17, 15) is 0 Å². The maximum atomic E-state index is 3.36. The lowest BCUT2D eigenvalue weighted by atomic mass is 9.82. The average molecular weight is 182 g/mol. The minimum Gasteiger partial charge on any atom is -0.319 e. The third-order valence-corrected chi connectivity index (χ3v) is 3.91. The summed E-state index contributed by atoms with van der Waals surface area (Å²) in [5.74, 6) is 0.971. The van der Waals surface area contributed by atoms with E-state index in [1.807, 2.05) is 0 Å². The highest BCUT2D eigenvalue weighted by Crippen LogP contribution is 2.53. The molecule has 2 rings (SSSR count). The van der Waals surface area contributed by atoms with Crippen molar-refractivity contribution in [3.63, 3.8) is 0 Å². The van der Waals surface area contributed by atoms with Crippen LogP contribution in [0.3, 0.4) is 0 Å². The number of piperidine rings is 1. The Labute approximate surface area is 81.7 Å². The summed E-state index contributed by atoms with van der Waals surface area (Å²) >= 11 is 0.